The van der Waals surface area contributed by atoms with Crippen molar-refractivity contribution in [3.05, 3.63) is 95.9 Å². The number of imidazole rings is 1. The molecular formula is C31H33N7O5S. The summed E-state index contributed by atoms with van der Waals surface area (Å²) < 4.78 is 35.3. The van der Waals surface area contributed by atoms with Gasteiger partial charge in [-0.05, 0) is 60.7 Å². The Bertz CT molecular complexity index is 1830. The highest BCUT2D eigenvalue weighted by Gasteiger charge is 2.30. The second-order valence-electron chi connectivity index (χ2n) is 10.2. The third kappa shape index (κ3) is 7.30. The molecule has 0 aliphatic heterocycles. The molecule has 0 spiro atoms. The van der Waals surface area contributed by atoms with Crippen molar-refractivity contribution in [3.63, 3.8) is 0 Å². The number of aryl methyl sites for hydroxylation is 2. The SMILES string of the molecule is Cc1cc(-c2ccccc2)cc(C)c1S(=O)(=O)NC(CNC(=O)c1ccc2[nH]ncc2c1)C(=O)OCCCNc1ncc[nH]1. The normalized spacial score (nSPS) is 12.1. The zero-order valence-corrected chi connectivity index (χ0v) is 25.1. The van der Waals surface area contributed by atoms with Crippen LogP contribution in [0.2, 0.25) is 0 Å². The number of anilines is 1. The molecule has 3 aromatic carbocycles. The first kappa shape index (κ1) is 30.4. The first-order valence-corrected chi connectivity index (χ1v) is 15.5. The average molecular weight is 616 g/mol. The van der Waals surface area contributed by atoms with Crippen LogP contribution in [0.25, 0.3) is 22.0 Å². The number of aromatic amines is 2. The Morgan fingerprint density at radius 3 is 2.50 bits per heavy atom. The van der Waals surface area contributed by atoms with E-state index in [1.54, 1.807) is 62.8 Å². The van der Waals surface area contributed by atoms with Crippen LogP contribution in [0.3, 0.4) is 0 Å². The Morgan fingerprint density at radius 2 is 1.77 bits per heavy atom. The summed E-state index contributed by atoms with van der Waals surface area (Å²) >= 11 is 0. The van der Waals surface area contributed by atoms with Crippen LogP contribution in [-0.2, 0) is 19.6 Å². The van der Waals surface area contributed by atoms with E-state index < -0.39 is 27.9 Å². The van der Waals surface area contributed by atoms with Gasteiger partial charge in [-0.25, -0.2) is 13.4 Å². The maximum Gasteiger partial charge on any atom is 0.326 e. The van der Waals surface area contributed by atoms with Crippen LogP contribution in [0.5, 0.6) is 0 Å². The van der Waals surface area contributed by atoms with Crippen molar-refractivity contribution in [2.75, 3.05) is 25.0 Å². The number of fused-ring (bicyclic) bond motifs is 1. The van der Waals surface area contributed by atoms with Gasteiger partial charge in [-0.2, -0.15) is 9.82 Å². The molecule has 0 radical (unpaired) electrons. The van der Waals surface area contributed by atoms with Crippen LogP contribution in [0.15, 0.2) is 84.1 Å². The lowest BCUT2D eigenvalue weighted by Crippen LogP contribution is -2.49. The third-order valence-corrected chi connectivity index (χ3v) is 8.72. The predicted octanol–water partition coefficient (Wildman–Crippen LogP) is 3.69. The van der Waals surface area contributed by atoms with Crippen molar-refractivity contribution in [1.82, 2.24) is 30.2 Å². The van der Waals surface area contributed by atoms with Crippen molar-refractivity contribution >= 4 is 38.8 Å². The molecule has 0 aliphatic rings. The van der Waals surface area contributed by atoms with Crippen LogP contribution in [0, 0.1) is 13.8 Å². The van der Waals surface area contributed by atoms with Gasteiger partial charge < -0.3 is 20.4 Å². The third-order valence-electron chi connectivity index (χ3n) is 6.94. The van der Waals surface area contributed by atoms with E-state index in [-0.39, 0.29) is 18.0 Å². The number of nitrogens with zero attached hydrogens (tertiary/aromatic N) is 2. The van der Waals surface area contributed by atoms with Gasteiger partial charge in [0.15, 0.2) is 5.95 Å². The lowest BCUT2D eigenvalue weighted by atomic mass is 10.0. The highest BCUT2D eigenvalue weighted by molar-refractivity contribution is 7.89. The number of hydrogen-bond acceptors (Lipinski definition) is 8. The number of hydrogen-bond donors (Lipinski definition) is 5. The first-order valence-electron chi connectivity index (χ1n) is 14.0. The second-order valence-corrected chi connectivity index (χ2v) is 11.9. The van der Waals surface area contributed by atoms with Gasteiger partial charge in [-0.3, -0.25) is 14.7 Å². The number of H-pyrrole nitrogens is 2. The number of nitrogens with one attached hydrogen (secondary N) is 5. The smallest absolute Gasteiger partial charge is 0.326 e. The fourth-order valence-corrected chi connectivity index (χ4v) is 6.52. The number of sulfonamides is 1. The molecule has 1 atom stereocenters. The minimum atomic E-state index is -4.20. The summed E-state index contributed by atoms with van der Waals surface area (Å²) in [4.78, 5) is 33.2. The van der Waals surface area contributed by atoms with Crippen LogP contribution in [0.4, 0.5) is 5.95 Å². The molecule has 1 unspecified atom stereocenters. The highest BCUT2D eigenvalue weighted by atomic mass is 32.2. The lowest BCUT2D eigenvalue weighted by Gasteiger charge is -2.20. The molecule has 2 aromatic heterocycles. The largest absolute Gasteiger partial charge is 0.464 e. The highest BCUT2D eigenvalue weighted by Crippen LogP contribution is 2.28. The predicted molar refractivity (Wildman–Crippen MR) is 167 cm³/mol. The summed E-state index contributed by atoms with van der Waals surface area (Å²) in [5.41, 5.74) is 3.97. The summed E-state index contributed by atoms with van der Waals surface area (Å²) in [6.45, 7) is 3.59. The van der Waals surface area contributed by atoms with Gasteiger partial charge in [0, 0.05) is 36.4 Å². The van der Waals surface area contributed by atoms with Crippen molar-refractivity contribution in [3.8, 4) is 11.1 Å². The number of carbonyl (C=O) groups excluding carboxylic acids is 2. The lowest BCUT2D eigenvalue weighted by molar-refractivity contribution is -0.145. The molecule has 44 heavy (non-hydrogen) atoms. The van der Waals surface area contributed by atoms with Gasteiger partial charge in [0.05, 0.1) is 23.2 Å². The number of benzene rings is 3. The number of aromatic nitrogens is 4. The number of amides is 1. The first-order chi connectivity index (χ1) is 21.2. The summed E-state index contributed by atoms with van der Waals surface area (Å²) in [5.74, 6) is -0.706. The summed E-state index contributed by atoms with van der Waals surface area (Å²) in [6.07, 6.45) is 5.33. The molecule has 2 heterocycles. The number of ether oxygens (including phenoxy) is 1. The van der Waals surface area contributed by atoms with E-state index in [9.17, 15) is 18.0 Å². The molecule has 0 fully saturated rings. The Balaban J connectivity index is 1.31. The molecule has 228 valence electrons. The molecular weight excluding hydrogens is 582 g/mol. The maximum atomic E-state index is 13.7. The molecule has 0 aliphatic carbocycles. The van der Waals surface area contributed by atoms with Gasteiger partial charge in [0.2, 0.25) is 10.0 Å². The molecule has 5 aromatic rings. The quantitative estimate of drug-likeness (QED) is 0.0986. The number of esters is 1. The Hall–Kier alpha value is -5.01. The Morgan fingerprint density at radius 1 is 1.00 bits per heavy atom. The van der Waals surface area contributed by atoms with Gasteiger partial charge >= 0.3 is 5.97 Å². The molecule has 5 N–H and O–H groups in total. The van der Waals surface area contributed by atoms with Crippen LogP contribution in [-0.4, -0.2) is 66.2 Å². The van der Waals surface area contributed by atoms with E-state index in [4.69, 9.17) is 4.74 Å². The maximum absolute atomic E-state index is 13.7. The summed E-state index contributed by atoms with van der Waals surface area (Å²) in [7, 11) is -4.20. The average Bonchev–Trinajstić information content (AvgIpc) is 3.70. The summed E-state index contributed by atoms with van der Waals surface area (Å²) in [6, 6.07) is 16.8. The zero-order valence-electron chi connectivity index (χ0n) is 24.3. The number of rotatable bonds is 13. The standard InChI is InChI=1S/C31H33N7O5S/c1-20-15-24(22-7-4-3-5-8-22)16-21(2)28(20)44(41,42)38-27(30(40)43-14-6-11-32-31-33-12-13-34-31)19-35-29(39)23-9-10-26-25(17-23)18-36-37-26/h3-5,7-10,12-13,15-18,27,38H,6,11,14,19H2,1-2H3,(H,35,39)(H,36,37)(H2,32,33,34). The van der Waals surface area contributed by atoms with Crippen molar-refractivity contribution < 1.29 is 22.7 Å². The van der Waals surface area contributed by atoms with Crippen LogP contribution >= 0.6 is 0 Å². The van der Waals surface area contributed by atoms with E-state index >= 15 is 0 Å². The van der Waals surface area contributed by atoms with E-state index in [1.165, 1.54) is 0 Å². The molecule has 0 bridgehead atoms. The molecule has 0 saturated heterocycles. The second kappa shape index (κ2) is 13.5. The molecule has 0 saturated carbocycles. The van der Waals surface area contributed by atoms with Crippen LogP contribution in [0.1, 0.15) is 27.9 Å². The molecule has 1 amide bonds. The molecule has 13 heteroatoms. The minimum Gasteiger partial charge on any atom is -0.464 e. The topological polar surface area (TPSA) is 171 Å². The van der Waals surface area contributed by atoms with E-state index in [2.05, 4.69) is 35.5 Å². The van der Waals surface area contributed by atoms with Gasteiger partial charge in [-0.15, -0.1) is 0 Å². The van der Waals surface area contributed by atoms with Gasteiger partial charge in [0.25, 0.3) is 5.91 Å². The minimum absolute atomic E-state index is 0.0275. The van der Waals surface area contributed by atoms with Crippen molar-refractivity contribution in [2.24, 2.45) is 0 Å². The fraction of sp³-hybridized carbons (Fsp3) is 0.226. The van der Waals surface area contributed by atoms with Gasteiger partial charge in [0.1, 0.15) is 6.04 Å². The van der Waals surface area contributed by atoms with Crippen molar-refractivity contribution in [1.29, 1.82) is 0 Å². The van der Waals surface area contributed by atoms with Crippen molar-refractivity contribution in [2.45, 2.75) is 31.2 Å². The van der Waals surface area contributed by atoms with Gasteiger partial charge in [-0.1, -0.05) is 42.5 Å². The number of carbonyl (C=O) groups is 2. The van der Waals surface area contributed by atoms with E-state index in [0.717, 1.165) is 22.0 Å². The zero-order chi connectivity index (χ0) is 31.1. The Kier molecular flexibility index (Phi) is 9.36. The monoisotopic (exact) mass is 615 g/mol. The fourth-order valence-electron chi connectivity index (χ4n) is 4.89. The molecule has 5 rings (SSSR count). The Labute approximate surface area is 254 Å². The summed E-state index contributed by atoms with van der Waals surface area (Å²) in [5, 5.41) is 13.2. The van der Waals surface area contributed by atoms with E-state index in [1.807, 2.05) is 30.3 Å². The van der Waals surface area contributed by atoms with E-state index in [0.29, 0.717) is 35.6 Å². The van der Waals surface area contributed by atoms with Crippen LogP contribution < -0.4 is 15.4 Å². The molecule has 12 nitrogen and oxygen atoms in total.